The lowest BCUT2D eigenvalue weighted by atomic mass is 9.91. The van der Waals surface area contributed by atoms with Crippen molar-refractivity contribution in [1.29, 1.82) is 0 Å². The van der Waals surface area contributed by atoms with Crippen LogP contribution in [0.5, 0.6) is 11.8 Å². The number of ether oxygens (including phenoxy) is 2. The minimum absolute atomic E-state index is 0.0439. The number of nitrogens with one attached hydrogen (secondary N) is 1. The Morgan fingerprint density at radius 1 is 1.15 bits per heavy atom. The first-order valence-electron chi connectivity index (χ1n) is 16.8. The highest BCUT2D eigenvalue weighted by atomic mass is 19.1. The highest BCUT2D eigenvalue weighted by Gasteiger charge is 2.55. The van der Waals surface area contributed by atoms with Crippen molar-refractivity contribution in [2.75, 3.05) is 44.8 Å². The molecular formula is C38H41F2N5O3. The Labute approximate surface area is 279 Å². The highest BCUT2D eigenvalue weighted by molar-refractivity contribution is 6.04. The van der Waals surface area contributed by atoms with Gasteiger partial charge < -0.3 is 24.8 Å². The number of piperazine rings is 1. The molecule has 0 aliphatic carbocycles. The summed E-state index contributed by atoms with van der Waals surface area (Å²) in [4.78, 5) is 14.1. The zero-order chi connectivity index (χ0) is 33.6. The van der Waals surface area contributed by atoms with Gasteiger partial charge in [-0.1, -0.05) is 25.0 Å². The molecule has 8 nitrogen and oxygen atoms in total. The summed E-state index contributed by atoms with van der Waals surface area (Å²) in [6.45, 7) is 10.0. The van der Waals surface area contributed by atoms with Gasteiger partial charge in [0.05, 0.1) is 22.7 Å². The number of benzene rings is 3. The summed E-state index contributed by atoms with van der Waals surface area (Å²) in [5.74, 6) is 1.81. The van der Waals surface area contributed by atoms with Crippen LogP contribution in [-0.4, -0.2) is 82.6 Å². The van der Waals surface area contributed by atoms with E-state index in [4.69, 9.17) is 20.9 Å². The molecule has 4 aliphatic heterocycles. The molecule has 2 bridgehead atoms. The molecule has 3 aromatic carbocycles. The molecule has 4 fully saturated rings. The number of hydrogen-bond donors (Lipinski definition) is 2. The van der Waals surface area contributed by atoms with Gasteiger partial charge >= 0.3 is 6.01 Å². The first kappa shape index (κ1) is 31.2. The average molecular weight is 654 g/mol. The minimum Gasteiger partial charge on any atom is -0.508 e. The van der Waals surface area contributed by atoms with E-state index in [1.807, 2.05) is 0 Å². The lowest BCUT2D eigenvalue weighted by molar-refractivity contribution is 0.0575. The zero-order valence-electron chi connectivity index (χ0n) is 27.9. The van der Waals surface area contributed by atoms with Crippen molar-refractivity contribution in [3.8, 4) is 35.2 Å². The Morgan fingerprint density at radius 3 is 2.77 bits per heavy atom. The first-order valence-corrected chi connectivity index (χ1v) is 16.8. The predicted molar refractivity (Wildman–Crippen MR) is 182 cm³/mol. The fourth-order valence-electron chi connectivity index (χ4n) is 9.53. The summed E-state index contributed by atoms with van der Waals surface area (Å²) >= 11 is 0. The number of rotatable bonds is 6. The van der Waals surface area contributed by atoms with Gasteiger partial charge in [0.25, 0.3) is 0 Å². The molecular weight excluding hydrogens is 612 g/mol. The number of halogens is 2. The zero-order valence-corrected chi connectivity index (χ0v) is 27.9. The quantitative estimate of drug-likeness (QED) is 0.245. The number of fused-ring (bicyclic) bond motifs is 5. The molecule has 0 amide bonds. The third kappa shape index (κ3) is 4.81. The largest absolute Gasteiger partial charge is 0.508 e. The van der Waals surface area contributed by atoms with Crippen LogP contribution in [0.15, 0.2) is 36.4 Å². The van der Waals surface area contributed by atoms with E-state index in [1.54, 1.807) is 25.3 Å². The van der Waals surface area contributed by atoms with Crippen LogP contribution in [0.25, 0.3) is 32.8 Å². The van der Waals surface area contributed by atoms with E-state index in [2.05, 4.69) is 46.8 Å². The van der Waals surface area contributed by atoms with E-state index in [-0.39, 0.29) is 51.0 Å². The molecule has 4 saturated heterocycles. The molecule has 5 atom stereocenters. The molecule has 5 heterocycles. The van der Waals surface area contributed by atoms with Crippen molar-refractivity contribution in [2.24, 2.45) is 5.92 Å². The fourth-order valence-corrected chi connectivity index (χ4v) is 9.53. The molecule has 0 saturated carbocycles. The number of methoxy groups -OCH3 is 1. The molecule has 4 aromatic rings. The number of hydrogen-bond acceptors (Lipinski definition) is 8. The van der Waals surface area contributed by atoms with E-state index < -0.39 is 17.2 Å². The maximum Gasteiger partial charge on any atom is 0.319 e. The van der Waals surface area contributed by atoms with Gasteiger partial charge in [0, 0.05) is 54.2 Å². The second-order valence-corrected chi connectivity index (χ2v) is 15.1. The van der Waals surface area contributed by atoms with Crippen molar-refractivity contribution in [3.63, 3.8) is 0 Å². The van der Waals surface area contributed by atoms with Gasteiger partial charge in [-0.3, -0.25) is 4.90 Å². The number of phenols is 1. The Bertz CT molecular complexity index is 2020. The second-order valence-electron chi connectivity index (χ2n) is 15.1. The van der Waals surface area contributed by atoms with E-state index in [1.165, 1.54) is 18.2 Å². The maximum atomic E-state index is 17.1. The molecule has 2 N–H and O–H groups in total. The van der Waals surface area contributed by atoms with Crippen LogP contribution in [0.4, 0.5) is 14.6 Å². The number of nitrogens with zero attached hydrogens (tertiary/aromatic N) is 4. The molecule has 4 aliphatic rings. The average Bonchev–Trinajstić information content (AvgIpc) is 3.63. The van der Waals surface area contributed by atoms with Crippen molar-refractivity contribution in [3.05, 3.63) is 53.6 Å². The van der Waals surface area contributed by atoms with Crippen LogP contribution in [0, 0.1) is 29.9 Å². The smallest absolute Gasteiger partial charge is 0.319 e. The van der Waals surface area contributed by atoms with Crippen LogP contribution in [0.1, 0.15) is 52.0 Å². The molecule has 0 spiro atoms. The van der Waals surface area contributed by atoms with Crippen molar-refractivity contribution >= 4 is 27.5 Å². The first-order chi connectivity index (χ1) is 22.9. The third-order valence-corrected chi connectivity index (χ3v) is 11.3. The van der Waals surface area contributed by atoms with Crippen LogP contribution in [0.3, 0.4) is 0 Å². The van der Waals surface area contributed by atoms with Crippen molar-refractivity contribution in [1.82, 2.24) is 20.2 Å². The van der Waals surface area contributed by atoms with Gasteiger partial charge in [-0.2, -0.15) is 9.97 Å². The van der Waals surface area contributed by atoms with Crippen LogP contribution in [0.2, 0.25) is 0 Å². The van der Waals surface area contributed by atoms with E-state index in [0.717, 1.165) is 38.8 Å². The van der Waals surface area contributed by atoms with Crippen LogP contribution in [-0.2, 0) is 4.74 Å². The van der Waals surface area contributed by atoms with Gasteiger partial charge in [-0.05, 0) is 81.6 Å². The number of phenolic OH excluding ortho intramolecular Hbond substituents is 1. The summed E-state index contributed by atoms with van der Waals surface area (Å²) in [6.07, 6.45) is 9.72. The summed E-state index contributed by atoms with van der Waals surface area (Å²) in [7, 11) is 1.72. The highest BCUT2D eigenvalue weighted by Crippen LogP contribution is 2.45. The Hall–Kier alpha value is -4.04. The lowest BCUT2D eigenvalue weighted by Crippen LogP contribution is -2.65. The summed E-state index contributed by atoms with van der Waals surface area (Å²) in [6, 6.07) is 9.48. The Kier molecular flexibility index (Phi) is 7.15. The molecule has 250 valence electrons. The van der Waals surface area contributed by atoms with Crippen molar-refractivity contribution in [2.45, 2.75) is 69.2 Å². The number of terminal acetylenes is 1. The molecule has 1 aromatic heterocycles. The van der Waals surface area contributed by atoms with Gasteiger partial charge in [0.2, 0.25) is 0 Å². The Morgan fingerprint density at radius 2 is 1.98 bits per heavy atom. The molecule has 2 unspecified atom stereocenters. The van der Waals surface area contributed by atoms with E-state index in [9.17, 15) is 5.11 Å². The summed E-state index contributed by atoms with van der Waals surface area (Å²) < 4.78 is 45.9. The molecule has 0 radical (unpaired) electrons. The number of aromatic hydroxyl groups is 1. The predicted octanol–water partition coefficient (Wildman–Crippen LogP) is 6.01. The Balaban J connectivity index is 1.31. The standard InChI is InChI=1S/C38H41F2N5O3/c1-6-23-9-7-10-24-13-25(46)14-26(30(23)24)31-28(39)15-27-33(32(31)40)41-35(48-21-38-11-8-12-45(38)18-22(2)16-38)42-34(27)44-19-36(3)17-29(47-5)37(4,20-44)43-36/h1,7,9-10,13-15,22,29,43,46H,8,11-12,16-21H2,2-5H3/t22-,29-,36?,37?,38+/m1/s1. The second kappa shape index (κ2) is 11.0. The topological polar surface area (TPSA) is 83.0 Å². The third-order valence-electron chi connectivity index (χ3n) is 11.3. The summed E-state index contributed by atoms with van der Waals surface area (Å²) in [5, 5.41) is 15.7. The van der Waals surface area contributed by atoms with E-state index >= 15 is 8.78 Å². The minimum atomic E-state index is -0.863. The van der Waals surface area contributed by atoms with Gasteiger partial charge in [-0.15, -0.1) is 6.42 Å². The monoisotopic (exact) mass is 653 g/mol. The van der Waals surface area contributed by atoms with Crippen LogP contribution >= 0.6 is 0 Å². The maximum absolute atomic E-state index is 17.1. The molecule has 8 rings (SSSR count). The molecule has 48 heavy (non-hydrogen) atoms. The number of aromatic nitrogens is 2. The lowest BCUT2D eigenvalue weighted by Gasteiger charge is -2.45. The van der Waals surface area contributed by atoms with Gasteiger partial charge in [0.1, 0.15) is 29.5 Å². The summed E-state index contributed by atoms with van der Waals surface area (Å²) in [5.41, 5.74) is -0.564. The van der Waals surface area contributed by atoms with E-state index in [0.29, 0.717) is 47.8 Å². The SMILES string of the molecule is C#Cc1cccc2cc(O)cc(-c3c(F)cc4c(N5CC6(C)C[C@@H](OC)C(C)(C5)N6)nc(OC[C@@]56CCCN5C[C@H](C)C6)nc4c3F)c12. The van der Waals surface area contributed by atoms with Crippen molar-refractivity contribution < 1.29 is 23.4 Å². The van der Waals surface area contributed by atoms with Crippen LogP contribution < -0.4 is 15.0 Å². The van der Waals surface area contributed by atoms with Gasteiger partial charge in [0.15, 0.2) is 5.82 Å². The van der Waals surface area contributed by atoms with Gasteiger partial charge in [-0.25, -0.2) is 8.78 Å². The molecule has 10 heteroatoms. The fraction of sp³-hybridized carbons (Fsp3) is 0.474. The number of anilines is 1. The normalized spacial score (nSPS) is 29.9.